The molecule has 10 heteroatoms. The number of benzene rings is 3. The predicted octanol–water partition coefficient (Wildman–Crippen LogP) is 4.88. The number of hydrogen-bond acceptors (Lipinski definition) is 6. The van der Waals surface area contributed by atoms with Crippen LogP contribution < -0.4 is 25.5 Å². The molecule has 3 aromatic carbocycles. The first-order chi connectivity index (χ1) is 20.2. The minimum Gasteiger partial charge on any atom is -0.490 e. The monoisotopic (exact) mass is 574 g/mol. The molecule has 0 saturated carbocycles. The molecule has 0 aromatic heterocycles. The number of hydrazone groups is 1. The fraction of sp³-hybridized carbons (Fsp3) is 0.250. The van der Waals surface area contributed by atoms with Crippen molar-refractivity contribution in [3.8, 4) is 11.5 Å². The summed E-state index contributed by atoms with van der Waals surface area (Å²) >= 11 is 0. The van der Waals surface area contributed by atoms with E-state index in [4.69, 9.17) is 9.47 Å². The largest absolute Gasteiger partial charge is 0.490 e. The lowest BCUT2D eigenvalue weighted by molar-refractivity contribution is -0.124. The first-order valence-corrected chi connectivity index (χ1v) is 13.5. The molecule has 0 bridgehead atoms. The van der Waals surface area contributed by atoms with Gasteiger partial charge in [0.2, 0.25) is 0 Å². The minimum absolute atomic E-state index is 0.187. The second-order valence-corrected chi connectivity index (χ2v) is 9.57. The highest BCUT2D eigenvalue weighted by Gasteiger charge is 2.24. The highest BCUT2D eigenvalue weighted by Crippen LogP contribution is 2.33. The van der Waals surface area contributed by atoms with E-state index in [1.54, 1.807) is 48.5 Å². The van der Waals surface area contributed by atoms with Crippen molar-refractivity contribution in [3.63, 3.8) is 0 Å². The lowest BCUT2D eigenvalue weighted by atomic mass is 10.0. The number of amides is 3. The molecule has 42 heavy (non-hydrogen) atoms. The first kappa shape index (κ1) is 31.5. The van der Waals surface area contributed by atoms with E-state index in [9.17, 15) is 18.8 Å². The van der Waals surface area contributed by atoms with Crippen LogP contribution in [0.5, 0.6) is 11.5 Å². The Bertz CT molecular complexity index is 1410. The number of halogens is 1. The maximum atomic E-state index is 13.1. The van der Waals surface area contributed by atoms with Crippen LogP contribution in [-0.4, -0.2) is 43.2 Å². The Balaban J connectivity index is 1.71. The Labute approximate surface area is 244 Å². The number of anilines is 1. The molecule has 0 aliphatic carbocycles. The topological polar surface area (TPSA) is 118 Å². The van der Waals surface area contributed by atoms with Gasteiger partial charge in [-0.2, -0.15) is 5.10 Å². The lowest BCUT2D eigenvalue weighted by Gasteiger charge is -2.20. The van der Waals surface area contributed by atoms with Crippen LogP contribution in [0.1, 0.15) is 42.3 Å². The second-order valence-electron chi connectivity index (χ2n) is 9.57. The molecule has 220 valence electrons. The minimum atomic E-state index is -0.804. The van der Waals surface area contributed by atoms with Gasteiger partial charge < -0.3 is 20.1 Å². The van der Waals surface area contributed by atoms with Crippen molar-refractivity contribution in [1.82, 2.24) is 10.7 Å². The summed E-state index contributed by atoms with van der Waals surface area (Å²) in [4.78, 5) is 37.9. The highest BCUT2D eigenvalue weighted by molar-refractivity contribution is 5.97. The van der Waals surface area contributed by atoms with Gasteiger partial charge >= 0.3 is 0 Å². The van der Waals surface area contributed by atoms with E-state index in [2.05, 4.69) is 27.7 Å². The Morgan fingerprint density at radius 2 is 1.74 bits per heavy atom. The van der Waals surface area contributed by atoms with E-state index in [-0.39, 0.29) is 18.4 Å². The van der Waals surface area contributed by atoms with Crippen LogP contribution in [0.2, 0.25) is 0 Å². The molecule has 3 aromatic rings. The Kier molecular flexibility index (Phi) is 11.8. The molecule has 9 nitrogen and oxygen atoms in total. The molecule has 3 rings (SSSR count). The molecule has 0 saturated heterocycles. The van der Waals surface area contributed by atoms with E-state index in [0.717, 1.165) is 0 Å². The maximum absolute atomic E-state index is 13.1. The summed E-state index contributed by atoms with van der Waals surface area (Å²) in [5.41, 5.74) is 4.68. The van der Waals surface area contributed by atoms with Crippen molar-refractivity contribution in [1.29, 1.82) is 0 Å². The van der Waals surface area contributed by atoms with Crippen molar-refractivity contribution in [3.05, 3.63) is 102 Å². The van der Waals surface area contributed by atoms with Gasteiger partial charge in [-0.1, -0.05) is 38.1 Å². The molecule has 3 amide bonds. The number of carbonyl (C=O) groups is 3. The summed E-state index contributed by atoms with van der Waals surface area (Å²) in [6, 6.07) is 16.7. The van der Waals surface area contributed by atoms with Crippen LogP contribution in [0.3, 0.4) is 0 Å². The standard InChI is InChI=1S/C32H35FN4O5/c1-5-10-24-17-22(19-34-37-32(40)29(21(3)4)36-31(39)23-11-8-7-9-12-23)18-27(41-6-2)30(24)42-20-28(38)35-26-15-13-25(33)14-16-26/h5,7-9,11-19,21,29H,1,6,10,20H2,2-4H3,(H,35,38)(H,36,39)(H,37,40)/b34-19+. The normalized spacial score (nSPS) is 11.5. The number of carbonyl (C=O) groups excluding carboxylic acids is 3. The third-order valence-corrected chi connectivity index (χ3v) is 5.95. The van der Waals surface area contributed by atoms with Gasteiger partial charge in [0.15, 0.2) is 18.1 Å². The van der Waals surface area contributed by atoms with Gasteiger partial charge in [0.1, 0.15) is 11.9 Å². The molecule has 3 N–H and O–H groups in total. The summed E-state index contributed by atoms with van der Waals surface area (Å²) in [6.07, 6.45) is 3.54. The maximum Gasteiger partial charge on any atom is 0.262 e. The van der Waals surface area contributed by atoms with Crippen LogP contribution in [0.15, 0.2) is 84.5 Å². The number of hydrogen-bond donors (Lipinski definition) is 3. The summed E-state index contributed by atoms with van der Waals surface area (Å²) in [7, 11) is 0. The average molecular weight is 575 g/mol. The van der Waals surface area contributed by atoms with Crippen molar-refractivity contribution >= 4 is 29.6 Å². The zero-order valence-electron chi connectivity index (χ0n) is 23.9. The van der Waals surface area contributed by atoms with E-state index >= 15 is 0 Å². The number of rotatable bonds is 14. The molecule has 0 aliphatic heterocycles. The summed E-state index contributed by atoms with van der Waals surface area (Å²) in [5.74, 6) is -1.09. The van der Waals surface area contributed by atoms with Gasteiger partial charge in [0.05, 0.1) is 12.8 Å². The zero-order chi connectivity index (χ0) is 30.5. The third-order valence-electron chi connectivity index (χ3n) is 5.95. The van der Waals surface area contributed by atoms with Crippen LogP contribution >= 0.6 is 0 Å². The van der Waals surface area contributed by atoms with Crippen molar-refractivity contribution in [2.45, 2.75) is 33.2 Å². The third kappa shape index (κ3) is 9.29. The van der Waals surface area contributed by atoms with Gasteiger partial charge in [0.25, 0.3) is 17.7 Å². The molecule has 0 aliphatic rings. The molecule has 0 fully saturated rings. The summed E-state index contributed by atoms with van der Waals surface area (Å²) in [6.45, 7) is 9.29. The smallest absolute Gasteiger partial charge is 0.262 e. The Morgan fingerprint density at radius 1 is 1.02 bits per heavy atom. The molecular formula is C32H35FN4O5. The van der Waals surface area contributed by atoms with Crippen LogP contribution in [0, 0.1) is 11.7 Å². The zero-order valence-corrected chi connectivity index (χ0v) is 23.9. The molecule has 1 atom stereocenters. The predicted molar refractivity (Wildman–Crippen MR) is 160 cm³/mol. The first-order valence-electron chi connectivity index (χ1n) is 13.5. The van der Waals surface area contributed by atoms with Crippen LogP contribution in [-0.2, 0) is 16.0 Å². The van der Waals surface area contributed by atoms with Crippen molar-refractivity contribution in [2.75, 3.05) is 18.5 Å². The number of allylic oxidation sites excluding steroid dienone is 1. The molecule has 1 unspecified atom stereocenters. The second kappa shape index (κ2) is 15.7. The van der Waals surface area contributed by atoms with E-state index in [1.165, 1.54) is 30.5 Å². The number of nitrogens with zero attached hydrogens (tertiary/aromatic N) is 1. The SMILES string of the molecule is C=CCc1cc(/C=N/NC(=O)C(NC(=O)c2ccccc2)C(C)C)cc(OCC)c1OCC(=O)Nc1ccc(F)cc1. The van der Waals surface area contributed by atoms with E-state index in [0.29, 0.717) is 46.9 Å². The molecular weight excluding hydrogens is 539 g/mol. The quantitative estimate of drug-likeness (QED) is 0.144. The highest BCUT2D eigenvalue weighted by atomic mass is 19.1. The molecule has 0 heterocycles. The fourth-order valence-corrected chi connectivity index (χ4v) is 3.95. The lowest BCUT2D eigenvalue weighted by Crippen LogP contribution is -2.48. The number of ether oxygens (including phenoxy) is 2. The van der Waals surface area contributed by atoms with Crippen LogP contribution in [0.4, 0.5) is 10.1 Å². The number of nitrogens with one attached hydrogen (secondary N) is 3. The fourth-order valence-electron chi connectivity index (χ4n) is 3.95. The average Bonchev–Trinajstić information content (AvgIpc) is 2.97. The van der Waals surface area contributed by atoms with E-state index < -0.39 is 23.7 Å². The van der Waals surface area contributed by atoms with Gasteiger partial charge in [-0.3, -0.25) is 14.4 Å². The molecule has 0 spiro atoms. The Morgan fingerprint density at radius 3 is 2.38 bits per heavy atom. The molecule has 0 radical (unpaired) electrons. The van der Waals surface area contributed by atoms with Gasteiger partial charge in [-0.25, -0.2) is 9.82 Å². The summed E-state index contributed by atoms with van der Waals surface area (Å²) < 4.78 is 24.8. The van der Waals surface area contributed by atoms with Gasteiger partial charge in [-0.05, 0) is 73.4 Å². The van der Waals surface area contributed by atoms with Gasteiger partial charge in [0, 0.05) is 16.8 Å². The van der Waals surface area contributed by atoms with Crippen molar-refractivity contribution in [2.24, 2.45) is 11.0 Å². The summed E-state index contributed by atoms with van der Waals surface area (Å²) in [5, 5.41) is 9.51. The van der Waals surface area contributed by atoms with Crippen molar-refractivity contribution < 1.29 is 28.2 Å². The van der Waals surface area contributed by atoms with Gasteiger partial charge in [-0.15, -0.1) is 6.58 Å². The van der Waals surface area contributed by atoms with E-state index in [1.807, 2.05) is 20.8 Å². The Hall–Kier alpha value is -4.99. The van der Waals surface area contributed by atoms with Crippen LogP contribution in [0.25, 0.3) is 0 Å².